The number of sulfonamides is 1. The van der Waals surface area contributed by atoms with E-state index in [0.29, 0.717) is 17.9 Å². The molecule has 138 valence electrons. The lowest BCUT2D eigenvalue weighted by atomic mass is 10.0. The lowest BCUT2D eigenvalue weighted by Crippen LogP contribution is -2.36. The van der Waals surface area contributed by atoms with Crippen LogP contribution in [0.2, 0.25) is 0 Å². The minimum Gasteiger partial charge on any atom is -0.343 e. The van der Waals surface area contributed by atoms with Crippen LogP contribution in [0, 0.1) is 0 Å². The molecule has 0 bridgehead atoms. The van der Waals surface area contributed by atoms with Gasteiger partial charge in [0.2, 0.25) is 10.0 Å². The Morgan fingerprint density at radius 1 is 1.23 bits per heavy atom. The van der Waals surface area contributed by atoms with Crippen LogP contribution in [-0.4, -0.2) is 33.0 Å². The van der Waals surface area contributed by atoms with Gasteiger partial charge in [-0.05, 0) is 42.0 Å². The molecule has 26 heavy (non-hydrogen) atoms. The Hall–Kier alpha value is -2.39. The third kappa shape index (κ3) is 4.23. The first-order valence-electron chi connectivity index (χ1n) is 8.07. The smallest absolute Gasteiger partial charge is 0.313 e. The molecule has 9 heteroatoms. The van der Waals surface area contributed by atoms with Crippen molar-refractivity contribution in [2.75, 3.05) is 22.4 Å². The van der Waals surface area contributed by atoms with Crippen molar-refractivity contribution in [2.24, 2.45) is 0 Å². The van der Waals surface area contributed by atoms with Crippen LogP contribution in [-0.2, 0) is 32.6 Å². The van der Waals surface area contributed by atoms with E-state index >= 15 is 0 Å². The highest BCUT2D eigenvalue weighted by atomic mass is 32.2. The van der Waals surface area contributed by atoms with Gasteiger partial charge in [-0.25, -0.2) is 8.42 Å². The molecule has 0 radical (unpaired) electrons. The normalized spacial score (nSPS) is 13.8. The largest absolute Gasteiger partial charge is 0.343 e. The molecule has 0 spiro atoms. The monoisotopic (exact) mass is 393 g/mol. The van der Waals surface area contributed by atoms with Crippen LogP contribution in [0.15, 0.2) is 35.7 Å². The van der Waals surface area contributed by atoms with Gasteiger partial charge in [0.15, 0.2) is 0 Å². The van der Waals surface area contributed by atoms with Crippen LogP contribution in [0.1, 0.15) is 16.9 Å². The Balaban J connectivity index is 1.70. The predicted octanol–water partition coefficient (Wildman–Crippen LogP) is 1.72. The number of hydrogen-bond donors (Lipinski definition) is 2. The summed E-state index contributed by atoms with van der Waals surface area (Å²) < 4.78 is 25.3. The van der Waals surface area contributed by atoms with Gasteiger partial charge in [0.1, 0.15) is 0 Å². The van der Waals surface area contributed by atoms with Crippen LogP contribution in [0.4, 0.5) is 11.4 Å². The molecule has 1 aliphatic heterocycles. The fraction of sp³-hybridized carbons (Fsp3) is 0.294. The van der Waals surface area contributed by atoms with Crippen molar-refractivity contribution in [1.82, 2.24) is 5.32 Å². The van der Waals surface area contributed by atoms with Gasteiger partial charge in [-0.2, -0.15) is 0 Å². The molecule has 0 saturated heterocycles. The average Bonchev–Trinajstić information content (AvgIpc) is 3.11. The summed E-state index contributed by atoms with van der Waals surface area (Å²) in [6.07, 6.45) is 2.68. The highest BCUT2D eigenvalue weighted by Gasteiger charge is 2.24. The van der Waals surface area contributed by atoms with Crippen LogP contribution in [0.3, 0.4) is 0 Å². The first kappa shape index (κ1) is 18.4. The van der Waals surface area contributed by atoms with Crippen molar-refractivity contribution in [1.29, 1.82) is 0 Å². The Labute approximate surface area is 156 Å². The molecule has 1 aromatic carbocycles. The second-order valence-electron chi connectivity index (χ2n) is 6.00. The maximum absolute atomic E-state index is 12.1. The summed E-state index contributed by atoms with van der Waals surface area (Å²) in [4.78, 5) is 24.9. The van der Waals surface area contributed by atoms with Crippen LogP contribution in [0.5, 0.6) is 0 Å². The van der Waals surface area contributed by atoms with E-state index in [1.807, 2.05) is 17.5 Å². The lowest BCUT2D eigenvalue weighted by molar-refractivity contribution is -0.136. The summed E-state index contributed by atoms with van der Waals surface area (Å²) in [5, 5.41) is 6.97. The van der Waals surface area contributed by atoms with E-state index in [9.17, 15) is 18.0 Å². The molecule has 1 aromatic heterocycles. The van der Waals surface area contributed by atoms with E-state index in [2.05, 4.69) is 10.6 Å². The molecule has 3 rings (SSSR count). The number of rotatable bonds is 4. The average molecular weight is 393 g/mol. The zero-order chi connectivity index (χ0) is 18.7. The topological polar surface area (TPSA) is 95.6 Å². The number of carbonyl (C=O) groups is 2. The van der Waals surface area contributed by atoms with Crippen LogP contribution < -0.4 is 14.9 Å². The molecular formula is C17H19N3O4S2. The summed E-state index contributed by atoms with van der Waals surface area (Å²) >= 11 is 1.49. The third-order valence-corrected chi connectivity index (χ3v) is 6.09. The Morgan fingerprint density at radius 3 is 2.73 bits per heavy atom. The quantitative estimate of drug-likeness (QED) is 0.773. The van der Waals surface area contributed by atoms with Crippen molar-refractivity contribution in [3.63, 3.8) is 0 Å². The molecule has 2 heterocycles. The van der Waals surface area contributed by atoms with Crippen molar-refractivity contribution >= 4 is 44.5 Å². The minimum absolute atomic E-state index is 0.288. The van der Waals surface area contributed by atoms with E-state index in [1.165, 1.54) is 15.6 Å². The number of thiophene rings is 1. The second kappa shape index (κ2) is 7.46. The maximum Gasteiger partial charge on any atom is 0.313 e. The number of hydrogen-bond acceptors (Lipinski definition) is 5. The summed E-state index contributed by atoms with van der Waals surface area (Å²) in [5.41, 5.74) is 1.84. The number of carbonyl (C=O) groups excluding carboxylic acids is 2. The van der Waals surface area contributed by atoms with Crippen LogP contribution >= 0.6 is 11.3 Å². The molecule has 2 amide bonds. The van der Waals surface area contributed by atoms with E-state index in [-0.39, 0.29) is 6.54 Å². The van der Waals surface area contributed by atoms with Gasteiger partial charge in [-0.1, -0.05) is 12.1 Å². The highest BCUT2D eigenvalue weighted by Crippen LogP contribution is 2.31. The molecule has 7 nitrogen and oxygen atoms in total. The van der Waals surface area contributed by atoms with Crippen molar-refractivity contribution in [2.45, 2.75) is 19.4 Å². The molecule has 0 fully saturated rings. The van der Waals surface area contributed by atoms with Crippen molar-refractivity contribution < 1.29 is 18.0 Å². The van der Waals surface area contributed by atoms with Crippen molar-refractivity contribution in [3.8, 4) is 0 Å². The molecule has 1 aliphatic rings. The number of aryl methyl sites for hydroxylation is 1. The molecule has 0 aliphatic carbocycles. The SMILES string of the molecule is CS(=O)(=O)N1CCCc2ccc(NC(=O)C(=O)NCc3cccs3)cc21. The molecule has 0 atom stereocenters. The Morgan fingerprint density at radius 2 is 2.04 bits per heavy atom. The first-order valence-corrected chi connectivity index (χ1v) is 10.8. The summed E-state index contributed by atoms with van der Waals surface area (Å²) in [6.45, 7) is 0.695. The van der Waals surface area contributed by atoms with Crippen LogP contribution in [0.25, 0.3) is 0 Å². The second-order valence-corrected chi connectivity index (χ2v) is 8.94. The summed E-state index contributed by atoms with van der Waals surface area (Å²) in [7, 11) is -3.39. The number of nitrogens with one attached hydrogen (secondary N) is 2. The number of amides is 2. The fourth-order valence-electron chi connectivity index (χ4n) is 2.81. The summed E-state index contributed by atoms with van der Waals surface area (Å²) in [5.74, 6) is -1.53. The molecule has 2 N–H and O–H groups in total. The van der Waals surface area contributed by atoms with Gasteiger partial charge in [0.25, 0.3) is 0 Å². The van der Waals surface area contributed by atoms with Gasteiger partial charge in [0.05, 0.1) is 18.5 Å². The molecule has 0 unspecified atom stereocenters. The highest BCUT2D eigenvalue weighted by molar-refractivity contribution is 7.92. The van der Waals surface area contributed by atoms with Gasteiger partial charge >= 0.3 is 11.8 Å². The van der Waals surface area contributed by atoms with Crippen molar-refractivity contribution in [3.05, 3.63) is 46.2 Å². The molecule has 0 saturated carbocycles. The number of anilines is 2. The minimum atomic E-state index is -3.39. The maximum atomic E-state index is 12.1. The lowest BCUT2D eigenvalue weighted by Gasteiger charge is -2.29. The van der Waals surface area contributed by atoms with E-state index < -0.39 is 21.8 Å². The first-order chi connectivity index (χ1) is 12.3. The third-order valence-electron chi connectivity index (χ3n) is 4.03. The zero-order valence-electron chi connectivity index (χ0n) is 14.2. The van der Waals surface area contributed by atoms with Gasteiger partial charge < -0.3 is 10.6 Å². The standard InChI is InChI=1S/C17H19N3O4S2/c1-26(23,24)20-8-2-4-12-6-7-13(10-15(12)20)19-17(22)16(21)18-11-14-5-3-9-25-14/h3,5-7,9-10H,2,4,8,11H2,1H3,(H,18,21)(H,19,22). The predicted molar refractivity (Wildman–Crippen MR) is 102 cm³/mol. The number of benzene rings is 1. The Kier molecular flexibility index (Phi) is 5.28. The van der Waals surface area contributed by atoms with E-state index in [0.717, 1.165) is 29.5 Å². The number of fused-ring (bicyclic) bond motifs is 1. The van der Waals surface area contributed by atoms with E-state index in [1.54, 1.807) is 18.2 Å². The number of nitrogens with zero attached hydrogens (tertiary/aromatic N) is 1. The molecular weight excluding hydrogens is 374 g/mol. The Bertz CT molecular complexity index is 923. The van der Waals surface area contributed by atoms with Gasteiger partial charge in [-0.3, -0.25) is 13.9 Å². The zero-order valence-corrected chi connectivity index (χ0v) is 15.8. The molecule has 2 aromatic rings. The fourth-order valence-corrected chi connectivity index (χ4v) is 4.44. The summed E-state index contributed by atoms with van der Waals surface area (Å²) in [6, 6.07) is 8.79. The van der Waals surface area contributed by atoms with Gasteiger partial charge in [0, 0.05) is 17.1 Å². The van der Waals surface area contributed by atoms with E-state index in [4.69, 9.17) is 0 Å². The van der Waals surface area contributed by atoms with Gasteiger partial charge in [-0.15, -0.1) is 11.3 Å².